The molecule has 90 valence electrons. The summed E-state index contributed by atoms with van der Waals surface area (Å²) >= 11 is 2.96. The Bertz CT molecular complexity index is 294. The van der Waals surface area contributed by atoms with Gasteiger partial charge in [-0.25, -0.2) is 4.79 Å². The van der Waals surface area contributed by atoms with Gasteiger partial charge < -0.3 is 9.47 Å². The molecule has 2 aliphatic carbocycles. The Labute approximate surface area is 103 Å². The summed E-state index contributed by atoms with van der Waals surface area (Å²) in [6.07, 6.45) is 5.25. The van der Waals surface area contributed by atoms with Crippen molar-refractivity contribution in [3.8, 4) is 0 Å². The van der Waals surface area contributed by atoms with Crippen molar-refractivity contribution in [1.82, 2.24) is 0 Å². The Kier molecular flexibility index (Phi) is 3.52. The molecule has 0 radical (unpaired) electrons. The molecule has 2 aliphatic rings. The van der Waals surface area contributed by atoms with E-state index in [9.17, 15) is 9.59 Å². The molecule has 2 bridgehead atoms. The van der Waals surface area contributed by atoms with Crippen molar-refractivity contribution >= 4 is 27.9 Å². The predicted molar refractivity (Wildman–Crippen MR) is 60.2 cm³/mol. The summed E-state index contributed by atoms with van der Waals surface area (Å²) < 4.78 is 10.2. The highest BCUT2D eigenvalue weighted by Crippen LogP contribution is 2.49. The van der Waals surface area contributed by atoms with Crippen molar-refractivity contribution in [1.29, 1.82) is 0 Å². The highest BCUT2D eigenvalue weighted by molar-refractivity contribution is 9.09. The van der Waals surface area contributed by atoms with Gasteiger partial charge in [-0.05, 0) is 38.0 Å². The molecule has 2 fully saturated rings. The van der Waals surface area contributed by atoms with Crippen molar-refractivity contribution in [3.05, 3.63) is 0 Å². The quantitative estimate of drug-likeness (QED) is 0.585. The second-order valence-electron chi connectivity index (χ2n) is 4.60. The van der Waals surface area contributed by atoms with Gasteiger partial charge in [0.25, 0.3) is 0 Å². The van der Waals surface area contributed by atoms with Gasteiger partial charge in [-0.1, -0.05) is 15.9 Å². The third-order valence-corrected chi connectivity index (χ3v) is 3.93. The van der Waals surface area contributed by atoms with E-state index in [1.807, 2.05) is 0 Å². The molecule has 0 aromatic rings. The SMILES string of the molecule is O=C(CBr)OCC(=O)OC12CCC(CC1)C2. The average molecular weight is 291 g/mol. The molecular formula is C11H15BrO4. The molecule has 0 aromatic carbocycles. The maximum Gasteiger partial charge on any atom is 0.344 e. The molecule has 0 aromatic heterocycles. The number of fused-ring (bicyclic) bond motifs is 2. The van der Waals surface area contributed by atoms with Gasteiger partial charge in [0, 0.05) is 0 Å². The van der Waals surface area contributed by atoms with Crippen LogP contribution in [0.4, 0.5) is 0 Å². The minimum absolute atomic E-state index is 0.105. The van der Waals surface area contributed by atoms with Crippen LogP contribution in [0.1, 0.15) is 32.1 Å². The van der Waals surface area contributed by atoms with E-state index in [-0.39, 0.29) is 17.5 Å². The molecule has 0 heterocycles. The highest BCUT2D eigenvalue weighted by atomic mass is 79.9. The van der Waals surface area contributed by atoms with E-state index in [0.29, 0.717) is 0 Å². The third kappa shape index (κ3) is 2.56. The fraction of sp³-hybridized carbons (Fsp3) is 0.818. The summed E-state index contributed by atoms with van der Waals surface area (Å²) in [4.78, 5) is 22.3. The van der Waals surface area contributed by atoms with Crippen LogP contribution < -0.4 is 0 Å². The van der Waals surface area contributed by atoms with Gasteiger partial charge in [-0.15, -0.1) is 0 Å². The number of carbonyl (C=O) groups excluding carboxylic acids is 2. The van der Waals surface area contributed by atoms with Crippen LogP contribution in [-0.4, -0.2) is 29.5 Å². The molecule has 0 atom stereocenters. The Morgan fingerprint density at radius 2 is 1.94 bits per heavy atom. The zero-order valence-electron chi connectivity index (χ0n) is 9.04. The highest BCUT2D eigenvalue weighted by Gasteiger charge is 2.47. The second-order valence-corrected chi connectivity index (χ2v) is 5.16. The normalized spacial score (nSPS) is 31.4. The first-order valence-corrected chi connectivity index (χ1v) is 6.69. The van der Waals surface area contributed by atoms with Crippen LogP contribution in [0.25, 0.3) is 0 Å². The fourth-order valence-electron chi connectivity index (χ4n) is 2.73. The minimum atomic E-state index is -0.440. The summed E-state index contributed by atoms with van der Waals surface area (Å²) in [5, 5.41) is 0.105. The van der Waals surface area contributed by atoms with E-state index in [1.165, 1.54) is 0 Å². The van der Waals surface area contributed by atoms with E-state index in [1.54, 1.807) is 0 Å². The van der Waals surface area contributed by atoms with Crippen LogP contribution in [0.2, 0.25) is 0 Å². The lowest BCUT2D eigenvalue weighted by atomic mass is 9.97. The Hall–Kier alpha value is -0.580. The molecule has 0 amide bonds. The first-order valence-electron chi connectivity index (χ1n) is 5.57. The largest absolute Gasteiger partial charge is 0.457 e. The number of hydrogen-bond donors (Lipinski definition) is 0. The maximum atomic E-state index is 11.5. The van der Waals surface area contributed by atoms with Crippen LogP contribution in [0.15, 0.2) is 0 Å². The maximum absolute atomic E-state index is 11.5. The number of halogens is 1. The molecular weight excluding hydrogens is 276 g/mol. The smallest absolute Gasteiger partial charge is 0.344 e. The predicted octanol–water partition coefficient (Wildman–Crippen LogP) is 1.80. The van der Waals surface area contributed by atoms with E-state index >= 15 is 0 Å². The van der Waals surface area contributed by atoms with Crippen molar-refractivity contribution in [3.63, 3.8) is 0 Å². The molecule has 0 saturated heterocycles. The van der Waals surface area contributed by atoms with Gasteiger partial charge in [0.1, 0.15) is 10.9 Å². The molecule has 0 spiro atoms. The lowest BCUT2D eigenvalue weighted by Crippen LogP contribution is -2.32. The van der Waals surface area contributed by atoms with Crippen molar-refractivity contribution in [2.24, 2.45) is 5.92 Å². The van der Waals surface area contributed by atoms with Gasteiger partial charge in [-0.2, -0.15) is 0 Å². The summed E-state index contributed by atoms with van der Waals surface area (Å²) in [6, 6.07) is 0. The van der Waals surface area contributed by atoms with E-state index in [2.05, 4.69) is 15.9 Å². The number of rotatable bonds is 4. The van der Waals surface area contributed by atoms with Crippen LogP contribution in [0, 0.1) is 5.92 Å². The number of hydrogen-bond acceptors (Lipinski definition) is 4. The van der Waals surface area contributed by atoms with Crippen LogP contribution >= 0.6 is 15.9 Å². The molecule has 0 aliphatic heterocycles. The monoisotopic (exact) mass is 290 g/mol. The van der Waals surface area contributed by atoms with Gasteiger partial charge in [0.2, 0.25) is 0 Å². The summed E-state index contributed by atoms with van der Waals surface area (Å²) in [5.74, 6) is -0.125. The molecule has 16 heavy (non-hydrogen) atoms. The molecule has 5 heteroatoms. The third-order valence-electron chi connectivity index (χ3n) is 3.47. The molecule has 2 rings (SSSR count). The van der Waals surface area contributed by atoms with Crippen LogP contribution in [0.3, 0.4) is 0 Å². The molecule has 4 nitrogen and oxygen atoms in total. The summed E-state index contributed by atoms with van der Waals surface area (Å²) in [7, 11) is 0. The van der Waals surface area contributed by atoms with Crippen LogP contribution in [0.5, 0.6) is 0 Å². The zero-order valence-corrected chi connectivity index (χ0v) is 10.6. The number of carbonyl (C=O) groups is 2. The summed E-state index contributed by atoms with van der Waals surface area (Å²) in [5.41, 5.74) is -0.234. The van der Waals surface area contributed by atoms with E-state index in [4.69, 9.17) is 9.47 Å². The summed E-state index contributed by atoms with van der Waals surface area (Å²) in [6.45, 7) is -0.267. The number of esters is 2. The van der Waals surface area contributed by atoms with Crippen molar-refractivity contribution < 1.29 is 19.1 Å². The lowest BCUT2D eigenvalue weighted by molar-refractivity contribution is -0.168. The Morgan fingerprint density at radius 1 is 1.25 bits per heavy atom. The number of ether oxygens (including phenoxy) is 2. The molecule has 2 saturated carbocycles. The first kappa shape index (κ1) is 11.9. The van der Waals surface area contributed by atoms with E-state index < -0.39 is 11.9 Å². The second kappa shape index (κ2) is 4.73. The fourth-order valence-corrected chi connectivity index (χ4v) is 2.89. The standard InChI is InChI=1S/C11H15BrO4/c12-6-9(13)15-7-10(14)16-11-3-1-8(5-11)2-4-11/h8H,1-7H2. The van der Waals surface area contributed by atoms with Crippen molar-refractivity contribution in [2.75, 3.05) is 11.9 Å². The first-order chi connectivity index (χ1) is 7.63. The topological polar surface area (TPSA) is 52.6 Å². The van der Waals surface area contributed by atoms with Crippen molar-refractivity contribution in [2.45, 2.75) is 37.7 Å². The Balaban J connectivity index is 1.77. The van der Waals surface area contributed by atoms with Crippen LogP contribution in [-0.2, 0) is 19.1 Å². The van der Waals surface area contributed by atoms with Gasteiger partial charge in [0.05, 0.1) is 0 Å². The Morgan fingerprint density at radius 3 is 2.44 bits per heavy atom. The van der Waals surface area contributed by atoms with Gasteiger partial charge in [0.15, 0.2) is 6.61 Å². The zero-order chi connectivity index (χ0) is 11.6. The lowest BCUT2D eigenvalue weighted by Gasteiger charge is -2.26. The number of alkyl halides is 1. The van der Waals surface area contributed by atoms with Gasteiger partial charge >= 0.3 is 11.9 Å². The minimum Gasteiger partial charge on any atom is -0.457 e. The average Bonchev–Trinajstić information content (AvgIpc) is 2.85. The van der Waals surface area contributed by atoms with E-state index in [0.717, 1.165) is 38.0 Å². The molecule has 0 unspecified atom stereocenters. The molecule has 0 N–H and O–H groups in total. The van der Waals surface area contributed by atoms with Gasteiger partial charge in [-0.3, -0.25) is 4.79 Å².